The van der Waals surface area contributed by atoms with Gasteiger partial charge in [0.2, 0.25) is 0 Å². The monoisotopic (exact) mass is 338 g/mol. The summed E-state index contributed by atoms with van der Waals surface area (Å²) in [5, 5.41) is 1.13. The van der Waals surface area contributed by atoms with Crippen LogP contribution in [-0.2, 0) is 0 Å². The maximum atomic E-state index is 6.29. The minimum atomic E-state index is 0.386. The van der Waals surface area contributed by atoms with Crippen LogP contribution in [0.4, 0.5) is 0 Å². The lowest BCUT2D eigenvalue weighted by Gasteiger charge is -2.18. The number of aromatic nitrogens is 2. The molecule has 4 rings (SSSR count). The standard InChI is InChI=1S/C14H8Cl2N2O2S/c15-12-2-1-11(21-12)14-17-8-6-10-9(19-3-4-20-10)5-7(8)13(16)18-14/h1-2,5-6H,3-4H2. The first-order valence-electron chi connectivity index (χ1n) is 6.23. The molecule has 0 aliphatic carbocycles. The molecule has 0 saturated heterocycles. The molecular weight excluding hydrogens is 331 g/mol. The van der Waals surface area contributed by atoms with Crippen molar-refractivity contribution >= 4 is 45.4 Å². The second kappa shape index (κ2) is 5.02. The van der Waals surface area contributed by atoms with Crippen molar-refractivity contribution < 1.29 is 9.47 Å². The number of benzene rings is 1. The van der Waals surface area contributed by atoms with E-state index in [-0.39, 0.29) is 0 Å². The summed E-state index contributed by atoms with van der Waals surface area (Å²) in [7, 11) is 0. The van der Waals surface area contributed by atoms with Crippen molar-refractivity contribution in [1.29, 1.82) is 0 Å². The second-order valence-corrected chi connectivity index (χ2v) is 6.53. The molecule has 106 valence electrons. The van der Waals surface area contributed by atoms with Crippen LogP contribution in [0.1, 0.15) is 0 Å². The van der Waals surface area contributed by atoms with Crippen LogP contribution in [-0.4, -0.2) is 23.2 Å². The lowest BCUT2D eigenvalue weighted by atomic mass is 10.2. The van der Waals surface area contributed by atoms with Crippen LogP contribution in [0.5, 0.6) is 11.5 Å². The quantitative estimate of drug-likeness (QED) is 0.615. The second-order valence-electron chi connectivity index (χ2n) is 4.45. The molecule has 0 saturated carbocycles. The van der Waals surface area contributed by atoms with E-state index in [4.69, 9.17) is 32.7 Å². The zero-order chi connectivity index (χ0) is 14.4. The lowest BCUT2D eigenvalue weighted by Crippen LogP contribution is -2.15. The first-order chi connectivity index (χ1) is 10.2. The summed E-state index contributed by atoms with van der Waals surface area (Å²) in [6.45, 7) is 1.06. The average molecular weight is 339 g/mol. The van der Waals surface area contributed by atoms with Gasteiger partial charge in [-0.2, -0.15) is 0 Å². The Hall–Kier alpha value is -1.56. The first kappa shape index (κ1) is 13.1. The van der Waals surface area contributed by atoms with Crippen LogP contribution >= 0.6 is 34.5 Å². The van der Waals surface area contributed by atoms with Crippen molar-refractivity contribution in [2.75, 3.05) is 13.2 Å². The summed E-state index contributed by atoms with van der Waals surface area (Å²) in [6, 6.07) is 7.34. The normalized spacial score (nSPS) is 13.6. The maximum Gasteiger partial charge on any atom is 0.171 e. The molecule has 3 aromatic rings. The van der Waals surface area contributed by atoms with Crippen LogP contribution in [0.15, 0.2) is 24.3 Å². The van der Waals surface area contributed by atoms with E-state index in [1.165, 1.54) is 11.3 Å². The van der Waals surface area contributed by atoms with Crippen LogP contribution in [0.3, 0.4) is 0 Å². The van der Waals surface area contributed by atoms with Gasteiger partial charge in [-0.3, -0.25) is 0 Å². The topological polar surface area (TPSA) is 44.2 Å². The van der Waals surface area contributed by atoms with E-state index in [0.717, 1.165) is 15.8 Å². The van der Waals surface area contributed by atoms with Crippen molar-refractivity contribution in [2.45, 2.75) is 0 Å². The third kappa shape index (κ3) is 2.31. The van der Waals surface area contributed by atoms with Gasteiger partial charge < -0.3 is 9.47 Å². The van der Waals surface area contributed by atoms with Crippen molar-refractivity contribution in [3.63, 3.8) is 0 Å². The third-order valence-corrected chi connectivity index (χ3v) is 4.62. The van der Waals surface area contributed by atoms with Crippen LogP contribution in [0.2, 0.25) is 9.49 Å². The molecule has 0 bridgehead atoms. The molecule has 7 heteroatoms. The van der Waals surface area contributed by atoms with Gasteiger partial charge in [-0.15, -0.1) is 11.3 Å². The van der Waals surface area contributed by atoms with E-state index in [1.807, 2.05) is 24.3 Å². The molecule has 1 aliphatic rings. The zero-order valence-corrected chi connectivity index (χ0v) is 12.9. The molecule has 2 aromatic heterocycles. The number of ether oxygens (including phenoxy) is 2. The minimum Gasteiger partial charge on any atom is -0.486 e. The Balaban J connectivity index is 1.92. The summed E-state index contributed by atoms with van der Waals surface area (Å²) in [5.74, 6) is 1.91. The van der Waals surface area contributed by atoms with E-state index >= 15 is 0 Å². The molecule has 0 N–H and O–H groups in total. The number of halogens is 2. The summed E-state index contributed by atoms with van der Waals surface area (Å²) in [4.78, 5) is 9.77. The van der Waals surface area contributed by atoms with Gasteiger partial charge in [-0.25, -0.2) is 9.97 Å². The summed E-state index contributed by atoms with van der Waals surface area (Å²) in [5.41, 5.74) is 0.721. The fraction of sp³-hybridized carbons (Fsp3) is 0.143. The molecule has 21 heavy (non-hydrogen) atoms. The smallest absolute Gasteiger partial charge is 0.171 e. The highest BCUT2D eigenvalue weighted by molar-refractivity contribution is 7.19. The lowest BCUT2D eigenvalue weighted by molar-refractivity contribution is 0.172. The molecule has 0 atom stereocenters. The van der Waals surface area contributed by atoms with Gasteiger partial charge in [0.25, 0.3) is 0 Å². The van der Waals surface area contributed by atoms with Gasteiger partial charge in [0.05, 0.1) is 14.7 Å². The van der Waals surface area contributed by atoms with Gasteiger partial charge in [0.15, 0.2) is 17.3 Å². The Morgan fingerprint density at radius 1 is 1.00 bits per heavy atom. The molecular formula is C14H8Cl2N2O2S. The van der Waals surface area contributed by atoms with E-state index in [2.05, 4.69) is 9.97 Å². The van der Waals surface area contributed by atoms with E-state index in [0.29, 0.717) is 40.0 Å². The molecule has 4 nitrogen and oxygen atoms in total. The number of hydrogen-bond donors (Lipinski definition) is 0. The highest BCUT2D eigenvalue weighted by atomic mass is 35.5. The average Bonchev–Trinajstić information content (AvgIpc) is 2.92. The van der Waals surface area contributed by atoms with E-state index in [1.54, 1.807) is 0 Å². The molecule has 0 radical (unpaired) electrons. The SMILES string of the molecule is Clc1ccc(-c2nc(Cl)c3cc4c(cc3n2)OCCO4)s1. The largest absolute Gasteiger partial charge is 0.486 e. The van der Waals surface area contributed by atoms with Crippen molar-refractivity contribution in [3.05, 3.63) is 33.8 Å². The van der Waals surface area contributed by atoms with Crippen molar-refractivity contribution in [2.24, 2.45) is 0 Å². The maximum absolute atomic E-state index is 6.29. The number of hydrogen-bond acceptors (Lipinski definition) is 5. The first-order valence-corrected chi connectivity index (χ1v) is 7.80. The molecule has 0 fully saturated rings. The fourth-order valence-corrected chi connectivity index (χ4v) is 3.38. The van der Waals surface area contributed by atoms with E-state index in [9.17, 15) is 0 Å². The molecule has 1 aliphatic heterocycles. The van der Waals surface area contributed by atoms with Crippen LogP contribution in [0, 0.1) is 0 Å². The zero-order valence-electron chi connectivity index (χ0n) is 10.6. The number of fused-ring (bicyclic) bond motifs is 2. The van der Waals surface area contributed by atoms with Crippen molar-refractivity contribution in [1.82, 2.24) is 9.97 Å². The predicted octanol–water partition coefficient (Wildman–Crippen LogP) is 4.44. The summed E-state index contributed by atoms with van der Waals surface area (Å²) in [6.07, 6.45) is 0. The van der Waals surface area contributed by atoms with Gasteiger partial charge in [0, 0.05) is 11.5 Å². The van der Waals surface area contributed by atoms with E-state index < -0.39 is 0 Å². The summed E-state index contributed by atoms with van der Waals surface area (Å²) < 4.78 is 11.8. The van der Waals surface area contributed by atoms with Crippen LogP contribution in [0.25, 0.3) is 21.6 Å². The fourth-order valence-electron chi connectivity index (χ4n) is 2.17. The van der Waals surface area contributed by atoms with Crippen molar-refractivity contribution in [3.8, 4) is 22.2 Å². The molecule has 0 amide bonds. The Bertz CT molecular complexity index is 850. The Kier molecular flexibility index (Phi) is 3.14. The number of rotatable bonds is 1. The third-order valence-electron chi connectivity index (χ3n) is 3.11. The number of thiophene rings is 1. The Morgan fingerprint density at radius 2 is 1.76 bits per heavy atom. The van der Waals surface area contributed by atoms with Gasteiger partial charge >= 0.3 is 0 Å². The van der Waals surface area contributed by atoms with Gasteiger partial charge in [0.1, 0.15) is 18.4 Å². The molecule has 3 heterocycles. The minimum absolute atomic E-state index is 0.386. The van der Waals surface area contributed by atoms with Gasteiger partial charge in [-0.05, 0) is 18.2 Å². The van der Waals surface area contributed by atoms with Crippen LogP contribution < -0.4 is 9.47 Å². The Morgan fingerprint density at radius 3 is 2.48 bits per heavy atom. The highest BCUT2D eigenvalue weighted by Gasteiger charge is 2.17. The Labute approximate surface area is 134 Å². The number of nitrogens with zero attached hydrogens (tertiary/aromatic N) is 2. The molecule has 1 aromatic carbocycles. The molecule has 0 unspecified atom stereocenters. The molecule has 0 spiro atoms. The van der Waals surface area contributed by atoms with Gasteiger partial charge in [-0.1, -0.05) is 23.2 Å². The predicted molar refractivity (Wildman–Crippen MR) is 83.9 cm³/mol. The summed E-state index contributed by atoms with van der Waals surface area (Å²) >= 11 is 13.7. The highest BCUT2D eigenvalue weighted by Crippen LogP contribution is 2.37.